The van der Waals surface area contributed by atoms with Crippen molar-refractivity contribution in [3.63, 3.8) is 0 Å². The average molecular weight is 232 g/mol. The number of allylic oxidation sites excluding steroid dienone is 1. The van der Waals surface area contributed by atoms with Gasteiger partial charge in [-0.15, -0.1) is 0 Å². The summed E-state index contributed by atoms with van der Waals surface area (Å²) in [5.74, 6) is -0.325. The number of aromatic hydroxyl groups is 1. The van der Waals surface area contributed by atoms with Crippen LogP contribution < -0.4 is 5.32 Å². The zero-order valence-corrected chi connectivity index (χ0v) is 9.65. The number of hydrogen-bond acceptors (Lipinski definition) is 3. The van der Waals surface area contributed by atoms with E-state index in [2.05, 4.69) is 16.4 Å². The summed E-state index contributed by atoms with van der Waals surface area (Å²) in [6.45, 7) is 0.617. The summed E-state index contributed by atoms with van der Waals surface area (Å²) in [5, 5.41) is 12.3. The monoisotopic (exact) mass is 232 g/mol. The van der Waals surface area contributed by atoms with Crippen molar-refractivity contribution >= 4 is 5.91 Å². The van der Waals surface area contributed by atoms with Crippen LogP contribution in [0.5, 0.6) is 5.75 Å². The molecule has 0 saturated heterocycles. The highest BCUT2D eigenvalue weighted by atomic mass is 16.3. The van der Waals surface area contributed by atoms with E-state index in [0.29, 0.717) is 6.54 Å². The Balaban J connectivity index is 1.83. The molecule has 17 heavy (non-hydrogen) atoms. The van der Waals surface area contributed by atoms with Crippen molar-refractivity contribution in [2.45, 2.75) is 25.7 Å². The lowest BCUT2D eigenvalue weighted by atomic mass is 10.1. The Morgan fingerprint density at radius 3 is 3.12 bits per heavy atom. The fourth-order valence-electron chi connectivity index (χ4n) is 1.97. The maximum atomic E-state index is 11.7. The summed E-state index contributed by atoms with van der Waals surface area (Å²) in [6, 6.07) is 1.51. The van der Waals surface area contributed by atoms with Crippen LogP contribution in [0.4, 0.5) is 0 Å². The molecule has 4 heteroatoms. The molecule has 2 N–H and O–H groups in total. The van der Waals surface area contributed by atoms with Crippen molar-refractivity contribution in [2.75, 3.05) is 6.54 Å². The molecular weight excluding hydrogens is 216 g/mol. The maximum Gasteiger partial charge on any atom is 0.255 e. The number of carbonyl (C=O) groups is 1. The molecule has 0 unspecified atom stereocenters. The highest BCUT2D eigenvalue weighted by Crippen LogP contribution is 2.20. The molecule has 0 bridgehead atoms. The molecule has 0 radical (unpaired) electrons. The van der Waals surface area contributed by atoms with E-state index in [1.165, 1.54) is 30.5 Å². The number of aromatic nitrogens is 1. The molecule has 1 aromatic heterocycles. The molecule has 1 aliphatic rings. The van der Waals surface area contributed by atoms with Crippen LogP contribution in [0, 0.1) is 0 Å². The first-order chi connectivity index (χ1) is 8.27. The van der Waals surface area contributed by atoms with Gasteiger partial charge in [-0.1, -0.05) is 11.6 Å². The fraction of sp³-hybridized carbons (Fsp3) is 0.385. The van der Waals surface area contributed by atoms with Gasteiger partial charge in [-0.05, 0) is 31.7 Å². The normalized spacial score (nSPS) is 14.5. The zero-order chi connectivity index (χ0) is 12.1. The summed E-state index contributed by atoms with van der Waals surface area (Å²) in [5.41, 5.74) is 1.70. The number of nitrogens with one attached hydrogen (secondary N) is 1. The number of nitrogens with zero attached hydrogens (tertiary/aromatic N) is 1. The minimum Gasteiger partial charge on any atom is -0.505 e. The van der Waals surface area contributed by atoms with Crippen molar-refractivity contribution < 1.29 is 9.90 Å². The van der Waals surface area contributed by atoms with Gasteiger partial charge in [0.2, 0.25) is 0 Å². The van der Waals surface area contributed by atoms with E-state index in [1.54, 1.807) is 0 Å². The van der Waals surface area contributed by atoms with Crippen molar-refractivity contribution in [3.05, 3.63) is 35.7 Å². The molecule has 1 aromatic rings. The van der Waals surface area contributed by atoms with Crippen molar-refractivity contribution in [2.24, 2.45) is 0 Å². The highest BCUT2D eigenvalue weighted by molar-refractivity contribution is 5.96. The minimum atomic E-state index is -0.247. The van der Waals surface area contributed by atoms with Crippen LogP contribution in [0.15, 0.2) is 30.1 Å². The topological polar surface area (TPSA) is 62.2 Å². The second-order valence-corrected chi connectivity index (χ2v) is 4.15. The average Bonchev–Trinajstić information content (AvgIpc) is 2.82. The molecule has 1 heterocycles. The summed E-state index contributed by atoms with van der Waals surface area (Å²) in [7, 11) is 0. The summed E-state index contributed by atoms with van der Waals surface area (Å²) in [6.07, 6.45) is 9.45. The summed E-state index contributed by atoms with van der Waals surface area (Å²) < 4.78 is 0. The van der Waals surface area contributed by atoms with Gasteiger partial charge in [-0.2, -0.15) is 0 Å². The minimum absolute atomic E-state index is 0.0786. The lowest BCUT2D eigenvalue weighted by Crippen LogP contribution is -2.24. The third-order valence-corrected chi connectivity index (χ3v) is 2.91. The van der Waals surface area contributed by atoms with Crippen LogP contribution in [0.2, 0.25) is 0 Å². The first-order valence-electron chi connectivity index (χ1n) is 5.86. The van der Waals surface area contributed by atoms with E-state index in [4.69, 9.17) is 0 Å². The van der Waals surface area contributed by atoms with Gasteiger partial charge >= 0.3 is 0 Å². The number of hydrogen-bond donors (Lipinski definition) is 2. The standard InChI is InChI=1S/C13H16N2O2/c16-12-9-14-7-6-11(12)13(17)15-8-5-10-3-1-2-4-10/h3,6-7,9,16H,1-2,4-5,8H2,(H,15,17). The van der Waals surface area contributed by atoms with Gasteiger partial charge in [-0.25, -0.2) is 0 Å². The second kappa shape index (κ2) is 5.48. The Hall–Kier alpha value is -1.84. The largest absolute Gasteiger partial charge is 0.505 e. The summed E-state index contributed by atoms with van der Waals surface area (Å²) >= 11 is 0. The molecular formula is C13H16N2O2. The molecule has 4 nitrogen and oxygen atoms in total. The van der Waals surface area contributed by atoms with Gasteiger partial charge in [0.05, 0.1) is 11.8 Å². The predicted molar refractivity (Wildman–Crippen MR) is 64.8 cm³/mol. The first-order valence-corrected chi connectivity index (χ1v) is 5.86. The SMILES string of the molecule is O=C(NCCC1=CCCC1)c1ccncc1O. The first kappa shape index (κ1) is 11.6. The number of pyridine rings is 1. The van der Waals surface area contributed by atoms with E-state index >= 15 is 0 Å². The van der Waals surface area contributed by atoms with Crippen LogP contribution in [0.25, 0.3) is 0 Å². The molecule has 1 aliphatic carbocycles. The molecule has 90 valence electrons. The predicted octanol–water partition coefficient (Wildman–Crippen LogP) is 2.02. The zero-order valence-electron chi connectivity index (χ0n) is 9.65. The lowest BCUT2D eigenvalue weighted by Gasteiger charge is -2.06. The van der Waals surface area contributed by atoms with Crippen molar-refractivity contribution in [1.29, 1.82) is 0 Å². The van der Waals surface area contributed by atoms with Crippen LogP contribution in [0.3, 0.4) is 0 Å². The van der Waals surface area contributed by atoms with Crippen LogP contribution >= 0.6 is 0 Å². The number of amides is 1. The molecule has 2 rings (SSSR count). The number of rotatable bonds is 4. The highest BCUT2D eigenvalue weighted by Gasteiger charge is 2.10. The Morgan fingerprint density at radius 1 is 1.53 bits per heavy atom. The Bertz CT molecular complexity index is 441. The molecule has 0 aromatic carbocycles. The molecule has 1 amide bonds. The molecule has 0 aliphatic heterocycles. The molecule has 0 atom stereocenters. The van der Waals surface area contributed by atoms with E-state index in [-0.39, 0.29) is 17.2 Å². The second-order valence-electron chi connectivity index (χ2n) is 4.15. The Morgan fingerprint density at radius 2 is 2.41 bits per heavy atom. The fourth-order valence-corrected chi connectivity index (χ4v) is 1.97. The smallest absolute Gasteiger partial charge is 0.255 e. The number of carbonyl (C=O) groups excluding carboxylic acids is 1. The quantitative estimate of drug-likeness (QED) is 0.781. The van der Waals surface area contributed by atoms with Gasteiger partial charge in [0, 0.05) is 12.7 Å². The maximum absolute atomic E-state index is 11.7. The van der Waals surface area contributed by atoms with Crippen LogP contribution in [0.1, 0.15) is 36.0 Å². The van der Waals surface area contributed by atoms with E-state index in [9.17, 15) is 9.90 Å². The third-order valence-electron chi connectivity index (χ3n) is 2.91. The van der Waals surface area contributed by atoms with Gasteiger partial charge in [0.15, 0.2) is 0 Å². The lowest BCUT2D eigenvalue weighted by molar-refractivity contribution is 0.0951. The Kier molecular flexibility index (Phi) is 3.75. The Labute approximate surface area is 100 Å². The van der Waals surface area contributed by atoms with E-state index in [0.717, 1.165) is 19.3 Å². The third kappa shape index (κ3) is 3.06. The molecule has 0 fully saturated rings. The van der Waals surface area contributed by atoms with Crippen LogP contribution in [-0.2, 0) is 0 Å². The molecule has 0 spiro atoms. The van der Waals surface area contributed by atoms with Gasteiger partial charge in [-0.3, -0.25) is 9.78 Å². The van der Waals surface area contributed by atoms with Crippen molar-refractivity contribution in [3.8, 4) is 5.75 Å². The van der Waals surface area contributed by atoms with E-state index < -0.39 is 0 Å². The van der Waals surface area contributed by atoms with E-state index in [1.807, 2.05) is 0 Å². The van der Waals surface area contributed by atoms with Gasteiger partial charge < -0.3 is 10.4 Å². The van der Waals surface area contributed by atoms with Crippen LogP contribution in [-0.4, -0.2) is 22.5 Å². The molecule has 0 saturated carbocycles. The van der Waals surface area contributed by atoms with Crippen molar-refractivity contribution in [1.82, 2.24) is 10.3 Å². The van der Waals surface area contributed by atoms with Gasteiger partial charge in [0.1, 0.15) is 5.75 Å². The summed E-state index contributed by atoms with van der Waals surface area (Å²) in [4.78, 5) is 15.5. The van der Waals surface area contributed by atoms with Gasteiger partial charge in [0.25, 0.3) is 5.91 Å².